The van der Waals surface area contributed by atoms with Crippen LogP contribution in [0.5, 0.6) is 0 Å². The molecule has 140 valence electrons. The smallest absolute Gasteiger partial charge is 0.289 e. The first-order valence-corrected chi connectivity index (χ1v) is 10.4. The van der Waals surface area contributed by atoms with E-state index in [1.807, 2.05) is 18.2 Å². The van der Waals surface area contributed by atoms with Crippen molar-refractivity contribution in [2.24, 2.45) is 0 Å². The van der Waals surface area contributed by atoms with Crippen molar-refractivity contribution in [2.45, 2.75) is 19.4 Å². The number of amides is 3. The molecule has 0 aliphatic carbocycles. The molecule has 0 aromatic heterocycles. The van der Waals surface area contributed by atoms with Gasteiger partial charge in [0.05, 0.1) is 12.3 Å². The van der Waals surface area contributed by atoms with Gasteiger partial charge in [-0.3, -0.25) is 19.3 Å². The highest BCUT2D eigenvalue weighted by atomic mass is 79.9. The summed E-state index contributed by atoms with van der Waals surface area (Å²) in [6.45, 7) is 0.782. The fourth-order valence-electron chi connectivity index (χ4n) is 2.82. The molecule has 0 unspecified atom stereocenters. The Morgan fingerprint density at radius 3 is 2.63 bits per heavy atom. The number of hydrogen-bond acceptors (Lipinski definition) is 4. The van der Waals surface area contributed by atoms with Gasteiger partial charge < -0.3 is 5.32 Å². The van der Waals surface area contributed by atoms with E-state index in [4.69, 9.17) is 0 Å². The molecule has 7 heteroatoms. The van der Waals surface area contributed by atoms with Crippen molar-refractivity contribution in [3.63, 3.8) is 0 Å². The van der Waals surface area contributed by atoms with Crippen LogP contribution in [0.1, 0.15) is 27.9 Å². The number of nitrogens with one attached hydrogen (secondary N) is 1. The van der Waals surface area contributed by atoms with Gasteiger partial charge in [0.1, 0.15) is 0 Å². The number of carbonyl (C=O) groups is 3. The SMILES string of the molecule is O=C(NCCCc1cccc(Br)c1)c1cccc(CN2C(=O)CSC2=O)c1. The summed E-state index contributed by atoms with van der Waals surface area (Å²) in [4.78, 5) is 37.0. The zero-order valence-corrected chi connectivity index (χ0v) is 17.0. The highest BCUT2D eigenvalue weighted by Crippen LogP contribution is 2.21. The first kappa shape index (κ1) is 19.6. The summed E-state index contributed by atoms with van der Waals surface area (Å²) in [6, 6.07) is 15.2. The van der Waals surface area contributed by atoms with Gasteiger partial charge in [-0.1, -0.05) is 52.0 Å². The molecule has 1 heterocycles. The first-order valence-electron chi connectivity index (χ1n) is 8.61. The average Bonchev–Trinajstić information content (AvgIpc) is 2.97. The van der Waals surface area contributed by atoms with Gasteiger partial charge in [-0.15, -0.1) is 0 Å². The van der Waals surface area contributed by atoms with E-state index in [-0.39, 0.29) is 29.4 Å². The maximum atomic E-state index is 12.4. The lowest BCUT2D eigenvalue weighted by molar-refractivity contribution is -0.125. The highest BCUT2D eigenvalue weighted by Gasteiger charge is 2.29. The number of hydrogen-bond donors (Lipinski definition) is 1. The molecular weight excluding hydrogens is 428 g/mol. The molecule has 2 aromatic rings. The molecule has 1 fully saturated rings. The van der Waals surface area contributed by atoms with Crippen molar-refractivity contribution >= 4 is 44.7 Å². The summed E-state index contributed by atoms with van der Waals surface area (Å²) in [7, 11) is 0. The zero-order chi connectivity index (χ0) is 19.2. The number of aryl methyl sites for hydroxylation is 1. The predicted molar refractivity (Wildman–Crippen MR) is 110 cm³/mol. The number of halogens is 1. The van der Waals surface area contributed by atoms with Crippen LogP contribution in [-0.4, -0.2) is 34.3 Å². The fraction of sp³-hybridized carbons (Fsp3) is 0.250. The monoisotopic (exact) mass is 446 g/mol. The molecule has 3 amide bonds. The lowest BCUT2D eigenvalue weighted by atomic mass is 10.1. The summed E-state index contributed by atoms with van der Waals surface area (Å²) >= 11 is 4.46. The minimum absolute atomic E-state index is 0.153. The Labute approximate surface area is 170 Å². The third-order valence-electron chi connectivity index (χ3n) is 4.19. The molecule has 0 saturated carbocycles. The maximum Gasteiger partial charge on any atom is 0.289 e. The summed E-state index contributed by atoms with van der Waals surface area (Å²) in [5.41, 5.74) is 2.51. The molecule has 0 bridgehead atoms. The molecule has 1 saturated heterocycles. The van der Waals surface area contributed by atoms with Crippen LogP contribution < -0.4 is 5.32 Å². The van der Waals surface area contributed by atoms with Crippen LogP contribution in [0.4, 0.5) is 4.79 Å². The highest BCUT2D eigenvalue weighted by molar-refractivity contribution is 9.10. The Balaban J connectivity index is 1.51. The van der Waals surface area contributed by atoms with Crippen molar-refractivity contribution in [3.8, 4) is 0 Å². The molecule has 27 heavy (non-hydrogen) atoms. The standard InChI is InChI=1S/C20H19BrN2O3S/c21-17-8-2-4-14(11-17)6-3-9-22-19(25)16-7-1-5-15(10-16)12-23-18(24)13-27-20(23)26/h1-2,4-5,7-8,10-11H,3,6,9,12-13H2,(H,22,25). The zero-order valence-electron chi connectivity index (χ0n) is 14.6. The fourth-order valence-corrected chi connectivity index (χ4v) is 3.99. The van der Waals surface area contributed by atoms with E-state index in [2.05, 4.69) is 33.4 Å². The van der Waals surface area contributed by atoms with Crippen molar-refractivity contribution in [3.05, 3.63) is 69.7 Å². The second-order valence-electron chi connectivity index (χ2n) is 6.22. The van der Waals surface area contributed by atoms with Crippen LogP contribution in [0.2, 0.25) is 0 Å². The van der Waals surface area contributed by atoms with Crippen LogP contribution in [0, 0.1) is 0 Å². The lowest BCUT2D eigenvalue weighted by Crippen LogP contribution is -2.28. The number of nitrogens with zero attached hydrogens (tertiary/aromatic N) is 1. The normalized spacial score (nSPS) is 13.9. The summed E-state index contributed by atoms with van der Waals surface area (Å²) < 4.78 is 1.05. The second kappa shape index (κ2) is 9.19. The Hall–Kier alpha value is -2.12. The van der Waals surface area contributed by atoms with Crippen molar-refractivity contribution in [1.82, 2.24) is 10.2 Å². The first-order chi connectivity index (χ1) is 13.0. The van der Waals surface area contributed by atoms with Crippen molar-refractivity contribution < 1.29 is 14.4 Å². The van der Waals surface area contributed by atoms with Crippen LogP contribution in [0.25, 0.3) is 0 Å². The number of rotatable bonds is 7. The third-order valence-corrected chi connectivity index (χ3v) is 5.54. The van der Waals surface area contributed by atoms with Gasteiger partial charge in [0.25, 0.3) is 11.1 Å². The molecule has 1 aliphatic heterocycles. The van der Waals surface area contributed by atoms with E-state index >= 15 is 0 Å². The van der Waals surface area contributed by atoms with Gasteiger partial charge in [0, 0.05) is 16.6 Å². The van der Waals surface area contributed by atoms with E-state index in [0.29, 0.717) is 12.1 Å². The summed E-state index contributed by atoms with van der Waals surface area (Å²) in [6.07, 6.45) is 1.73. The Morgan fingerprint density at radius 1 is 1.11 bits per heavy atom. The van der Waals surface area contributed by atoms with Gasteiger partial charge in [-0.2, -0.15) is 0 Å². The molecule has 5 nitrogen and oxygen atoms in total. The minimum atomic E-state index is -0.234. The molecule has 0 radical (unpaired) electrons. The summed E-state index contributed by atoms with van der Waals surface area (Å²) in [5, 5.41) is 2.69. The van der Waals surface area contributed by atoms with Crippen LogP contribution >= 0.6 is 27.7 Å². The van der Waals surface area contributed by atoms with E-state index in [1.165, 1.54) is 10.5 Å². The van der Waals surface area contributed by atoms with Crippen molar-refractivity contribution in [1.29, 1.82) is 0 Å². The molecule has 0 atom stereocenters. The number of thioether (sulfide) groups is 1. The van der Waals surface area contributed by atoms with E-state index in [0.717, 1.165) is 34.6 Å². The van der Waals surface area contributed by atoms with E-state index in [9.17, 15) is 14.4 Å². The third kappa shape index (κ3) is 5.43. The van der Waals surface area contributed by atoms with Gasteiger partial charge >= 0.3 is 0 Å². The number of carbonyl (C=O) groups excluding carboxylic acids is 3. The van der Waals surface area contributed by atoms with Crippen LogP contribution in [-0.2, 0) is 17.8 Å². The maximum absolute atomic E-state index is 12.4. The molecule has 3 rings (SSSR count). The minimum Gasteiger partial charge on any atom is -0.352 e. The molecule has 1 aliphatic rings. The second-order valence-corrected chi connectivity index (χ2v) is 8.07. The van der Waals surface area contributed by atoms with E-state index < -0.39 is 0 Å². The Morgan fingerprint density at radius 2 is 1.89 bits per heavy atom. The molecule has 1 N–H and O–H groups in total. The Kier molecular flexibility index (Phi) is 6.68. The van der Waals surface area contributed by atoms with Crippen molar-refractivity contribution in [2.75, 3.05) is 12.3 Å². The quantitative estimate of drug-likeness (QED) is 0.652. The van der Waals surface area contributed by atoms with Gasteiger partial charge in [0.2, 0.25) is 5.91 Å². The Bertz CT molecular complexity index is 856. The molecule has 2 aromatic carbocycles. The topological polar surface area (TPSA) is 66.5 Å². The largest absolute Gasteiger partial charge is 0.352 e. The van der Waals surface area contributed by atoms with Gasteiger partial charge in [-0.05, 0) is 48.2 Å². The lowest BCUT2D eigenvalue weighted by Gasteiger charge is -2.13. The average molecular weight is 447 g/mol. The summed E-state index contributed by atoms with van der Waals surface area (Å²) in [5.74, 6) is -0.149. The predicted octanol–water partition coefficient (Wildman–Crippen LogP) is 4.01. The molecular formula is C20H19BrN2O3S. The number of benzene rings is 2. The van der Waals surface area contributed by atoms with Crippen LogP contribution in [0.15, 0.2) is 53.0 Å². The number of imide groups is 1. The van der Waals surface area contributed by atoms with Gasteiger partial charge in [-0.25, -0.2) is 0 Å². The van der Waals surface area contributed by atoms with Crippen LogP contribution in [0.3, 0.4) is 0 Å². The van der Waals surface area contributed by atoms with Gasteiger partial charge in [0.15, 0.2) is 0 Å². The molecule has 0 spiro atoms. The van der Waals surface area contributed by atoms with E-state index in [1.54, 1.807) is 18.2 Å².